The summed E-state index contributed by atoms with van der Waals surface area (Å²) in [5.74, 6) is 1.13. The maximum Gasteiger partial charge on any atom is 0.158 e. The first-order valence-corrected chi connectivity index (χ1v) is 11.1. The maximum atomic E-state index is 9.54. The third-order valence-corrected chi connectivity index (χ3v) is 6.66. The molecule has 0 spiro atoms. The van der Waals surface area contributed by atoms with E-state index in [1.165, 1.54) is 4.88 Å². The highest BCUT2D eigenvalue weighted by atomic mass is 32.1. The minimum absolute atomic E-state index is 0.438. The number of aromatic nitrogens is 3. The quantitative estimate of drug-likeness (QED) is 0.268. The molecule has 0 aliphatic rings. The number of nitrogens with one attached hydrogen (secondary N) is 1. The standard InChI is InChI=1S/C25H20N6S/c1-16(2)23-11-20-24(27-15-28-25(20)32-23)30-29-13-18-14-31(22-10-6-4-8-19(18)22)21-9-5-3-7-17(21)12-26/h3-11,13-16H,1-2H3,(H,27,28,30)/b29-13+. The number of rotatable bonds is 5. The second-order valence-corrected chi connectivity index (χ2v) is 8.78. The van der Waals surface area contributed by atoms with Gasteiger partial charge in [0.25, 0.3) is 0 Å². The van der Waals surface area contributed by atoms with Crippen LogP contribution in [0.15, 0.2) is 72.2 Å². The molecule has 0 aliphatic heterocycles. The van der Waals surface area contributed by atoms with E-state index >= 15 is 0 Å². The van der Waals surface area contributed by atoms with Gasteiger partial charge in [-0.3, -0.25) is 5.43 Å². The normalized spacial score (nSPS) is 11.6. The van der Waals surface area contributed by atoms with Crippen molar-refractivity contribution in [3.05, 3.63) is 83.1 Å². The number of benzene rings is 2. The van der Waals surface area contributed by atoms with Gasteiger partial charge >= 0.3 is 0 Å². The zero-order valence-corrected chi connectivity index (χ0v) is 18.5. The van der Waals surface area contributed by atoms with E-state index in [0.29, 0.717) is 17.3 Å². The summed E-state index contributed by atoms with van der Waals surface area (Å²) in [6.45, 7) is 4.34. The smallest absolute Gasteiger partial charge is 0.158 e. The van der Waals surface area contributed by atoms with Gasteiger partial charge in [0.05, 0.1) is 28.4 Å². The predicted octanol–water partition coefficient (Wildman–Crippen LogP) is 6.08. The first-order valence-electron chi connectivity index (χ1n) is 10.3. The fourth-order valence-electron chi connectivity index (χ4n) is 3.70. The molecule has 0 saturated carbocycles. The molecule has 6 nitrogen and oxygen atoms in total. The van der Waals surface area contributed by atoms with Crippen LogP contribution in [0.4, 0.5) is 5.82 Å². The molecule has 0 saturated heterocycles. The largest absolute Gasteiger partial charge is 0.315 e. The van der Waals surface area contributed by atoms with Gasteiger partial charge in [-0.05, 0) is 30.2 Å². The van der Waals surface area contributed by atoms with Crippen molar-refractivity contribution >= 4 is 44.5 Å². The fourth-order valence-corrected chi connectivity index (χ4v) is 4.70. The lowest BCUT2D eigenvalue weighted by Crippen LogP contribution is -1.96. The third kappa shape index (κ3) is 3.51. The second kappa shape index (κ2) is 8.25. The molecular weight excluding hydrogens is 416 g/mol. The first kappa shape index (κ1) is 19.9. The van der Waals surface area contributed by atoms with Crippen LogP contribution in [-0.4, -0.2) is 20.7 Å². The summed E-state index contributed by atoms with van der Waals surface area (Å²) in [5.41, 5.74) is 6.51. The lowest BCUT2D eigenvalue weighted by atomic mass is 10.2. The lowest BCUT2D eigenvalue weighted by molar-refractivity contribution is 0.890. The van der Waals surface area contributed by atoms with Crippen LogP contribution in [-0.2, 0) is 0 Å². The Hall–Kier alpha value is -4.02. The highest BCUT2D eigenvalue weighted by Gasteiger charge is 2.12. The van der Waals surface area contributed by atoms with Crippen molar-refractivity contribution in [3.8, 4) is 11.8 Å². The van der Waals surface area contributed by atoms with Gasteiger partial charge in [0.2, 0.25) is 0 Å². The molecule has 7 heteroatoms. The van der Waals surface area contributed by atoms with Crippen molar-refractivity contribution in [1.29, 1.82) is 5.26 Å². The molecule has 3 aromatic heterocycles. The number of hydrogen-bond donors (Lipinski definition) is 1. The van der Waals surface area contributed by atoms with E-state index < -0.39 is 0 Å². The number of hydrogen-bond acceptors (Lipinski definition) is 6. The van der Waals surface area contributed by atoms with Crippen LogP contribution in [0.1, 0.15) is 35.8 Å². The average molecular weight is 437 g/mol. The highest BCUT2D eigenvalue weighted by Crippen LogP contribution is 2.32. The zero-order valence-electron chi connectivity index (χ0n) is 17.6. The molecule has 1 N–H and O–H groups in total. The maximum absolute atomic E-state index is 9.54. The number of anilines is 1. The van der Waals surface area contributed by atoms with Gasteiger partial charge in [0, 0.05) is 22.0 Å². The summed E-state index contributed by atoms with van der Waals surface area (Å²) >= 11 is 1.68. The van der Waals surface area contributed by atoms with Crippen LogP contribution in [0.5, 0.6) is 0 Å². The molecule has 0 bridgehead atoms. The molecule has 5 aromatic rings. The Balaban J connectivity index is 1.52. The van der Waals surface area contributed by atoms with Gasteiger partial charge in [-0.1, -0.05) is 44.2 Å². The summed E-state index contributed by atoms with van der Waals surface area (Å²) in [6, 6.07) is 20.1. The molecule has 0 atom stereocenters. The third-order valence-electron chi connectivity index (χ3n) is 5.32. The Morgan fingerprint density at radius 1 is 1.09 bits per heavy atom. The van der Waals surface area contributed by atoms with Crippen LogP contribution in [0, 0.1) is 11.3 Å². The predicted molar refractivity (Wildman–Crippen MR) is 131 cm³/mol. The van der Waals surface area contributed by atoms with E-state index in [1.807, 2.05) is 53.2 Å². The summed E-state index contributed by atoms with van der Waals surface area (Å²) in [4.78, 5) is 11.0. The Morgan fingerprint density at radius 2 is 1.91 bits per heavy atom. The summed E-state index contributed by atoms with van der Waals surface area (Å²) in [6.07, 6.45) is 5.35. The molecule has 0 aliphatic carbocycles. The van der Waals surface area contributed by atoms with Crippen molar-refractivity contribution in [2.45, 2.75) is 19.8 Å². The van der Waals surface area contributed by atoms with E-state index in [4.69, 9.17) is 0 Å². The first-order chi connectivity index (χ1) is 15.7. The molecule has 32 heavy (non-hydrogen) atoms. The van der Waals surface area contributed by atoms with E-state index in [-0.39, 0.29) is 0 Å². The Morgan fingerprint density at radius 3 is 2.75 bits per heavy atom. The van der Waals surface area contributed by atoms with E-state index in [0.717, 1.165) is 32.4 Å². The number of nitrogens with zero attached hydrogens (tertiary/aromatic N) is 5. The zero-order chi connectivity index (χ0) is 22.1. The lowest BCUT2D eigenvalue weighted by Gasteiger charge is -2.06. The fraction of sp³-hybridized carbons (Fsp3) is 0.120. The number of para-hydroxylation sites is 2. The van der Waals surface area contributed by atoms with Gasteiger partial charge in [-0.2, -0.15) is 10.4 Å². The van der Waals surface area contributed by atoms with Gasteiger partial charge < -0.3 is 4.57 Å². The van der Waals surface area contributed by atoms with Crippen LogP contribution in [0.3, 0.4) is 0 Å². The van der Waals surface area contributed by atoms with Crippen molar-refractivity contribution in [1.82, 2.24) is 14.5 Å². The van der Waals surface area contributed by atoms with E-state index in [2.05, 4.69) is 52.5 Å². The summed E-state index contributed by atoms with van der Waals surface area (Å²) in [7, 11) is 0. The van der Waals surface area contributed by atoms with Crippen LogP contribution < -0.4 is 5.43 Å². The molecule has 5 rings (SSSR count). The van der Waals surface area contributed by atoms with Crippen molar-refractivity contribution in [2.75, 3.05) is 5.43 Å². The van der Waals surface area contributed by atoms with Crippen LogP contribution in [0.25, 0.3) is 26.8 Å². The topological polar surface area (TPSA) is 78.9 Å². The summed E-state index contributed by atoms with van der Waals surface area (Å²) in [5, 5.41) is 16.0. The van der Waals surface area contributed by atoms with Gasteiger partial charge in [-0.15, -0.1) is 11.3 Å². The minimum Gasteiger partial charge on any atom is -0.315 e. The minimum atomic E-state index is 0.438. The van der Waals surface area contributed by atoms with Gasteiger partial charge in [0.1, 0.15) is 17.2 Å². The molecule has 0 radical (unpaired) electrons. The number of nitriles is 1. The highest BCUT2D eigenvalue weighted by molar-refractivity contribution is 7.18. The second-order valence-electron chi connectivity index (χ2n) is 7.72. The molecule has 156 valence electrons. The number of fused-ring (bicyclic) bond motifs is 2. The van der Waals surface area contributed by atoms with Crippen LogP contribution >= 0.6 is 11.3 Å². The van der Waals surface area contributed by atoms with Crippen LogP contribution in [0.2, 0.25) is 0 Å². The van der Waals surface area contributed by atoms with Gasteiger partial charge in [0.15, 0.2) is 5.82 Å². The SMILES string of the molecule is CC(C)c1cc2c(N/N=C/c3cn(-c4ccccc4C#N)c4ccccc34)ncnc2s1. The number of hydrazone groups is 1. The summed E-state index contributed by atoms with van der Waals surface area (Å²) < 4.78 is 2.03. The Labute approximate surface area is 189 Å². The molecule has 0 unspecified atom stereocenters. The average Bonchev–Trinajstić information content (AvgIpc) is 3.42. The van der Waals surface area contributed by atoms with Crippen molar-refractivity contribution in [2.24, 2.45) is 5.10 Å². The van der Waals surface area contributed by atoms with E-state index in [1.54, 1.807) is 23.9 Å². The molecular formula is C25H20N6S. The van der Waals surface area contributed by atoms with Gasteiger partial charge in [-0.25, -0.2) is 9.97 Å². The molecule has 2 aromatic carbocycles. The van der Waals surface area contributed by atoms with E-state index in [9.17, 15) is 5.26 Å². The molecule has 0 fully saturated rings. The monoisotopic (exact) mass is 436 g/mol. The Bertz CT molecular complexity index is 1500. The molecule has 0 amide bonds. The van der Waals surface area contributed by atoms with Crippen molar-refractivity contribution in [3.63, 3.8) is 0 Å². The number of thiophene rings is 1. The molecule has 3 heterocycles. The Kier molecular flexibility index (Phi) is 5.13. The van der Waals surface area contributed by atoms with Crippen molar-refractivity contribution < 1.29 is 0 Å².